The SMILES string of the molecule is Cn1c(=O)c2c(Cl)cccc2n2cnc(-n3nncc3C3(C)CCCO3)c12. The van der Waals surface area contributed by atoms with Gasteiger partial charge in [0.1, 0.15) is 11.9 Å². The monoisotopic (exact) mass is 384 g/mol. The average molecular weight is 385 g/mol. The number of hydrogen-bond acceptors (Lipinski definition) is 5. The molecule has 1 aliphatic rings. The Hall–Kier alpha value is -2.71. The molecule has 3 aromatic heterocycles. The topological polar surface area (TPSA) is 79.2 Å². The molecular weight excluding hydrogens is 368 g/mol. The van der Waals surface area contributed by atoms with E-state index in [1.165, 1.54) is 0 Å². The van der Waals surface area contributed by atoms with Crippen LogP contribution < -0.4 is 5.56 Å². The summed E-state index contributed by atoms with van der Waals surface area (Å²) in [5.74, 6) is 0.528. The first kappa shape index (κ1) is 16.5. The summed E-state index contributed by atoms with van der Waals surface area (Å²) < 4.78 is 11.0. The standard InChI is InChI=1S/C18H17ClN6O2/c1-18(7-4-8-27-18)13-9-21-22-25(13)15-16-23(2)17(26)14-11(19)5-3-6-12(14)24(16)10-20-15/h3,5-6,9-10H,4,7-8H2,1-2H3. The minimum Gasteiger partial charge on any atom is -0.369 e. The van der Waals surface area contributed by atoms with Crippen LogP contribution in [0.1, 0.15) is 25.5 Å². The number of rotatable bonds is 2. The Labute approximate surface area is 158 Å². The van der Waals surface area contributed by atoms with Crippen LogP contribution in [0.4, 0.5) is 0 Å². The van der Waals surface area contributed by atoms with Crippen molar-refractivity contribution in [3.05, 3.63) is 51.8 Å². The van der Waals surface area contributed by atoms with Gasteiger partial charge in [0.05, 0.1) is 27.8 Å². The summed E-state index contributed by atoms with van der Waals surface area (Å²) in [5.41, 5.74) is 1.47. The number of aromatic nitrogens is 6. The summed E-state index contributed by atoms with van der Waals surface area (Å²) in [6, 6.07) is 5.38. The molecule has 0 radical (unpaired) electrons. The average Bonchev–Trinajstić information content (AvgIpc) is 3.38. The van der Waals surface area contributed by atoms with Crippen LogP contribution >= 0.6 is 11.6 Å². The Bertz CT molecular complexity index is 1250. The highest BCUT2D eigenvalue weighted by Crippen LogP contribution is 2.36. The Morgan fingerprint density at radius 3 is 2.96 bits per heavy atom. The molecule has 9 heteroatoms. The van der Waals surface area contributed by atoms with Gasteiger partial charge in [0.2, 0.25) is 0 Å². The van der Waals surface area contributed by atoms with Gasteiger partial charge in [0, 0.05) is 13.7 Å². The second-order valence-corrected chi connectivity index (χ2v) is 7.38. The molecule has 8 nitrogen and oxygen atoms in total. The first-order valence-electron chi connectivity index (χ1n) is 8.71. The minimum absolute atomic E-state index is 0.185. The lowest BCUT2D eigenvalue weighted by molar-refractivity contribution is 0.0112. The van der Waals surface area contributed by atoms with Gasteiger partial charge in [0.25, 0.3) is 5.56 Å². The van der Waals surface area contributed by atoms with Crippen molar-refractivity contribution in [2.75, 3.05) is 6.61 Å². The zero-order chi connectivity index (χ0) is 18.8. The van der Waals surface area contributed by atoms with E-state index in [1.807, 2.05) is 23.5 Å². The van der Waals surface area contributed by atoms with Crippen molar-refractivity contribution in [1.82, 2.24) is 28.9 Å². The van der Waals surface area contributed by atoms with Gasteiger partial charge in [-0.1, -0.05) is 22.9 Å². The van der Waals surface area contributed by atoms with Crippen molar-refractivity contribution >= 4 is 28.2 Å². The summed E-state index contributed by atoms with van der Waals surface area (Å²) in [6.45, 7) is 2.73. The van der Waals surface area contributed by atoms with Crippen molar-refractivity contribution in [2.24, 2.45) is 7.05 Å². The van der Waals surface area contributed by atoms with Crippen LogP contribution in [-0.2, 0) is 17.4 Å². The lowest BCUT2D eigenvalue weighted by Gasteiger charge is -2.22. The molecule has 1 aliphatic heterocycles. The number of aryl methyl sites for hydroxylation is 1. The second-order valence-electron chi connectivity index (χ2n) is 6.97. The van der Waals surface area contributed by atoms with E-state index in [0.29, 0.717) is 34.0 Å². The van der Waals surface area contributed by atoms with Crippen LogP contribution in [0.25, 0.3) is 22.4 Å². The predicted molar refractivity (Wildman–Crippen MR) is 100 cm³/mol. The molecule has 0 aliphatic carbocycles. The fraction of sp³-hybridized carbons (Fsp3) is 0.333. The van der Waals surface area contributed by atoms with Crippen LogP contribution in [-0.4, -0.2) is 35.6 Å². The predicted octanol–water partition coefficient (Wildman–Crippen LogP) is 2.45. The maximum absolute atomic E-state index is 13.0. The molecule has 1 atom stereocenters. The third kappa shape index (κ3) is 2.20. The highest BCUT2D eigenvalue weighted by Gasteiger charge is 2.36. The lowest BCUT2D eigenvalue weighted by atomic mass is 9.99. The van der Waals surface area contributed by atoms with E-state index < -0.39 is 5.60 Å². The maximum Gasteiger partial charge on any atom is 0.262 e. The summed E-state index contributed by atoms with van der Waals surface area (Å²) in [4.78, 5) is 17.5. The van der Waals surface area contributed by atoms with E-state index in [2.05, 4.69) is 15.3 Å². The highest BCUT2D eigenvalue weighted by atomic mass is 35.5. The van der Waals surface area contributed by atoms with Crippen molar-refractivity contribution < 1.29 is 4.74 Å². The molecule has 0 spiro atoms. The van der Waals surface area contributed by atoms with Gasteiger partial charge >= 0.3 is 0 Å². The van der Waals surface area contributed by atoms with Crippen molar-refractivity contribution in [3.63, 3.8) is 0 Å². The Balaban J connectivity index is 1.84. The molecular formula is C18H17ClN6O2. The molecule has 4 aromatic rings. The molecule has 0 amide bonds. The fourth-order valence-corrected chi connectivity index (χ4v) is 4.14. The largest absolute Gasteiger partial charge is 0.369 e. The van der Waals surface area contributed by atoms with Crippen LogP contribution in [0.2, 0.25) is 5.02 Å². The Kier molecular flexibility index (Phi) is 3.44. The fourth-order valence-electron chi connectivity index (χ4n) is 3.89. The van der Waals surface area contributed by atoms with E-state index in [9.17, 15) is 4.79 Å². The van der Waals surface area contributed by atoms with Crippen LogP contribution in [0.15, 0.2) is 35.5 Å². The van der Waals surface area contributed by atoms with Crippen LogP contribution in [0.3, 0.4) is 0 Å². The molecule has 5 rings (SSSR count). The molecule has 27 heavy (non-hydrogen) atoms. The summed E-state index contributed by atoms with van der Waals surface area (Å²) in [7, 11) is 1.70. The van der Waals surface area contributed by atoms with E-state index in [1.54, 1.807) is 34.9 Å². The number of fused-ring (bicyclic) bond motifs is 3. The van der Waals surface area contributed by atoms with E-state index in [-0.39, 0.29) is 5.56 Å². The highest BCUT2D eigenvalue weighted by molar-refractivity contribution is 6.35. The first-order valence-corrected chi connectivity index (χ1v) is 9.09. The number of imidazole rings is 1. The van der Waals surface area contributed by atoms with E-state index in [4.69, 9.17) is 16.3 Å². The van der Waals surface area contributed by atoms with Crippen molar-refractivity contribution in [3.8, 4) is 5.82 Å². The van der Waals surface area contributed by atoms with Gasteiger partial charge in [-0.05, 0) is 31.9 Å². The molecule has 138 valence electrons. The van der Waals surface area contributed by atoms with Crippen molar-refractivity contribution in [1.29, 1.82) is 0 Å². The van der Waals surface area contributed by atoms with Crippen molar-refractivity contribution in [2.45, 2.75) is 25.4 Å². The maximum atomic E-state index is 13.0. The minimum atomic E-state index is -0.474. The summed E-state index contributed by atoms with van der Waals surface area (Å²) in [6.07, 6.45) is 5.23. The van der Waals surface area contributed by atoms with Gasteiger partial charge in [0.15, 0.2) is 11.5 Å². The molecule has 1 fully saturated rings. The van der Waals surface area contributed by atoms with Gasteiger partial charge in [-0.15, -0.1) is 5.10 Å². The number of ether oxygens (including phenoxy) is 1. The summed E-state index contributed by atoms with van der Waals surface area (Å²) >= 11 is 6.28. The van der Waals surface area contributed by atoms with Gasteiger partial charge in [-0.2, -0.15) is 4.68 Å². The van der Waals surface area contributed by atoms with Gasteiger partial charge in [-0.3, -0.25) is 13.8 Å². The number of hydrogen-bond donors (Lipinski definition) is 0. The smallest absolute Gasteiger partial charge is 0.262 e. The number of nitrogens with zero attached hydrogens (tertiary/aromatic N) is 6. The Morgan fingerprint density at radius 1 is 1.33 bits per heavy atom. The van der Waals surface area contributed by atoms with E-state index >= 15 is 0 Å². The third-order valence-electron chi connectivity index (χ3n) is 5.32. The van der Waals surface area contributed by atoms with Gasteiger partial charge in [-0.25, -0.2) is 4.98 Å². The normalized spacial score (nSPS) is 20.1. The first-order chi connectivity index (χ1) is 13.0. The molecule has 1 saturated heterocycles. The quantitative estimate of drug-likeness (QED) is 0.530. The number of benzene rings is 1. The molecule has 0 bridgehead atoms. The van der Waals surface area contributed by atoms with Gasteiger partial charge < -0.3 is 4.74 Å². The molecule has 4 heterocycles. The Morgan fingerprint density at radius 2 is 2.19 bits per heavy atom. The zero-order valence-electron chi connectivity index (χ0n) is 14.9. The summed E-state index contributed by atoms with van der Waals surface area (Å²) in [5, 5.41) is 9.19. The number of halogens is 1. The van der Waals surface area contributed by atoms with E-state index in [0.717, 1.165) is 18.5 Å². The molecule has 1 aromatic carbocycles. The third-order valence-corrected chi connectivity index (χ3v) is 5.64. The zero-order valence-corrected chi connectivity index (χ0v) is 15.6. The lowest BCUT2D eigenvalue weighted by Crippen LogP contribution is -2.25. The second kappa shape index (κ2) is 5.64. The van der Waals surface area contributed by atoms with Crippen LogP contribution in [0.5, 0.6) is 0 Å². The van der Waals surface area contributed by atoms with Crippen LogP contribution in [0, 0.1) is 0 Å². The molecule has 1 unspecified atom stereocenters. The molecule has 0 N–H and O–H groups in total. The molecule has 0 saturated carbocycles.